The van der Waals surface area contributed by atoms with Crippen molar-refractivity contribution < 1.29 is 19.4 Å². The molecule has 3 rings (SSSR count). The first-order valence-electron chi connectivity index (χ1n) is 7.47. The van der Waals surface area contributed by atoms with E-state index in [-0.39, 0.29) is 23.7 Å². The van der Waals surface area contributed by atoms with Crippen LogP contribution >= 0.6 is 11.6 Å². The number of carbonyl (C=O) groups is 2. The minimum Gasteiger partial charge on any atom is -0.506 e. The smallest absolute Gasteiger partial charge is 0.345 e. The average molecular weight is 321 g/mol. The molecule has 1 saturated carbocycles. The Morgan fingerprint density at radius 3 is 2.68 bits per heavy atom. The van der Waals surface area contributed by atoms with Crippen LogP contribution in [0.1, 0.15) is 43.7 Å². The van der Waals surface area contributed by atoms with Gasteiger partial charge in [-0.15, -0.1) is 0 Å². The summed E-state index contributed by atoms with van der Waals surface area (Å²) in [5.41, 5.74) is 0.273. The van der Waals surface area contributed by atoms with E-state index in [1.807, 2.05) is 0 Å². The number of hydrogen-bond acceptors (Lipinski definition) is 4. The summed E-state index contributed by atoms with van der Waals surface area (Å²) in [4.78, 5) is 25.1. The zero-order valence-electron chi connectivity index (χ0n) is 12.3. The molecule has 2 aliphatic carbocycles. The second-order valence-corrected chi connectivity index (χ2v) is 6.19. The summed E-state index contributed by atoms with van der Waals surface area (Å²) in [6.07, 6.45) is 3.20. The maximum Gasteiger partial charge on any atom is 0.345 e. The highest BCUT2D eigenvalue weighted by atomic mass is 35.5. The summed E-state index contributed by atoms with van der Waals surface area (Å²) in [7, 11) is 0. The highest BCUT2D eigenvalue weighted by molar-refractivity contribution is 6.31. The van der Waals surface area contributed by atoms with Crippen molar-refractivity contribution in [3.63, 3.8) is 0 Å². The summed E-state index contributed by atoms with van der Waals surface area (Å²) >= 11 is 6.03. The molecule has 1 N–H and O–H groups in total. The lowest BCUT2D eigenvalue weighted by atomic mass is 9.67. The van der Waals surface area contributed by atoms with Gasteiger partial charge in [0.2, 0.25) is 0 Å². The lowest BCUT2D eigenvalue weighted by Crippen LogP contribution is -2.40. The monoisotopic (exact) mass is 320 g/mol. The van der Waals surface area contributed by atoms with Gasteiger partial charge in [-0.1, -0.05) is 30.5 Å². The highest BCUT2D eigenvalue weighted by Crippen LogP contribution is 2.49. The molecule has 4 nitrogen and oxygen atoms in total. The van der Waals surface area contributed by atoms with Crippen LogP contribution in [0, 0.1) is 0 Å². The van der Waals surface area contributed by atoms with E-state index in [2.05, 4.69) is 0 Å². The van der Waals surface area contributed by atoms with E-state index < -0.39 is 11.4 Å². The number of halogens is 1. The number of aliphatic hydroxyl groups excluding tert-OH is 1. The standard InChI is InChI=1S/C17H17ClO4/c1-2-22-16(21)13-14(19)11-9-10(18)5-6-12(11)17(15(13)20)7-3-4-8-17/h5-6,9,19H,2-4,7-8H2,1H3. The van der Waals surface area contributed by atoms with E-state index in [0.29, 0.717) is 23.4 Å². The number of aliphatic hydroxyl groups is 1. The summed E-state index contributed by atoms with van der Waals surface area (Å²) in [6.45, 7) is 1.82. The molecule has 0 aromatic heterocycles. The van der Waals surface area contributed by atoms with E-state index in [9.17, 15) is 14.7 Å². The Labute approximate surface area is 133 Å². The zero-order valence-corrected chi connectivity index (χ0v) is 13.1. The summed E-state index contributed by atoms with van der Waals surface area (Å²) < 4.78 is 4.96. The topological polar surface area (TPSA) is 63.6 Å². The Balaban J connectivity index is 2.25. The molecule has 0 aliphatic heterocycles. The molecular weight excluding hydrogens is 304 g/mol. The predicted octanol–water partition coefficient (Wildman–Crippen LogP) is 3.57. The fourth-order valence-electron chi connectivity index (χ4n) is 3.60. The van der Waals surface area contributed by atoms with Gasteiger partial charge in [-0.25, -0.2) is 4.79 Å². The summed E-state index contributed by atoms with van der Waals surface area (Å²) in [5, 5.41) is 10.9. The number of fused-ring (bicyclic) bond motifs is 2. The van der Waals surface area contributed by atoms with E-state index >= 15 is 0 Å². The maximum atomic E-state index is 13.0. The molecule has 0 unspecified atom stereocenters. The molecule has 116 valence electrons. The highest BCUT2D eigenvalue weighted by Gasteiger charge is 2.51. The van der Waals surface area contributed by atoms with Gasteiger partial charge in [-0.3, -0.25) is 4.79 Å². The van der Waals surface area contributed by atoms with Gasteiger partial charge in [0.1, 0.15) is 11.3 Å². The summed E-state index contributed by atoms with van der Waals surface area (Å²) in [5.74, 6) is -1.41. The number of benzene rings is 1. The van der Waals surface area contributed by atoms with Crippen LogP contribution in [0.4, 0.5) is 0 Å². The van der Waals surface area contributed by atoms with Gasteiger partial charge in [0.15, 0.2) is 5.78 Å². The largest absolute Gasteiger partial charge is 0.506 e. The van der Waals surface area contributed by atoms with Gasteiger partial charge in [0, 0.05) is 10.6 Å². The van der Waals surface area contributed by atoms with Gasteiger partial charge in [-0.05, 0) is 37.5 Å². The predicted molar refractivity (Wildman–Crippen MR) is 82.8 cm³/mol. The molecule has 0 saturated heterocycles. The number of esters is 1. The SMILES string of the molecule is CCOC(=O)C1=C(O)c2cc(Cl)ccc2C2(CCCC2)C1=O. The summed E-state index contributed by atoms with van der Waals surface area (Å²) in [6, 6.07) is 5.12. The number of Topliss-reactive ketones (excluding diaryl/α,β-unsaturated/α-hetero) is 1. The fourth-order valence-corrected chi connectivity index (χ4v) is 3.77. The zero-order chi connectivity index (χ0) is 15.9. The average Bonchev–Trinajstić information content (AvgIpc) is 2.96. The third-order valence-electron chi connectivity index (χ3n) is 4.59. The normalized spacial score (nSPS) is 19.5. The minimum absolute atomic E-state index is 0.151. The molecule has 0 radical (unpaired) electrons. The van der Waals surface area contributed by atoms with Gasteiger partial charge >= 0.3 is 5.97 Å². The lowest BCUT2D eigenvalue weighted by molar-refractivity contribution is -0.140. The number of hydrogen-bond donors (Lipinski definition) is 1. The van der Waals surface area contributed by atoms with Crippen LogP contribution in [0.15, 0.2) is 23.8 Å². The number of rotatable bonds is 2. The van der Waals surface area contributed by atoms with Gasteiger partial charge < -0.3 is 9.84 Å². The first kappa shape index (κ1) is 15.1. The molecule has 1 fully saturated rings. The number of carbonyl (C=O) groups excluding carboxylic acids is 2. The van der Waals surface area contributed by atoms with Crippen molar-refractivity contribution in [2.24, 2.45) is 0 Å². The number of ketones is 1. The molecule has 0 heterocycles. The Morgan fingerprint density at radius 2 is 2.05 bits per heavy atom. The van der Waals surface area contributed by atoms with E-state index in [0.717, 1.165) is 18.4 Å². The Hall–Kier alpha value is -1.81. The van der Waals surface area contributed by atoms with Crippen molar-refractivity contribution in [3.05, 3.63) is 39.9 Å². The Morgan fingerprint density at radius 1 is 1.36 bits per heavy atom. The second-order valence-electron chi connectivity index (χ2n) is 5.75. The quantitative estimate of drug-likeness (QED) is 0.668. The third kappa shape index (κ3) is 2.05. The molecule has 1 aromatic carbocycles. The molecule has 1 spiro atoms. The van der Waals surface area contributed by atoms with E-state index in [1.165, 1.54) is 0 Å². The maximum absolute atomic E-state index is 13.0. The fraction of sp³-hybridized carbons (Fsp3) is 0.412. The van der Waals surface area contributed by atoms with Crippen molar-refractivity contribution in [1.29, 1.82) is 0 Å². The molecule has 0 atom stereocenters. The molecule has 0 bridgehead atoms. The van der Waals surface area contributed by atoms with Crippen LogP contribution < -0.4 is 0 Å². The van der Waals surface area contributed by atoms with Crippen LogP contribution in [0.5, 0.6) is 0 Å². The van der Waals surface area contributed by atoms with Gasteiger partial charge in [-0.2, -0.15) is 0 Å². The molecular formula is C17H17ClO4. The van der Waals surface area contributed by atoms with Crippen molar-refractivity contribution in [2.45, 2.75) is 38.0 Å². The van der Waals surface area contributed by atoms with Crippen molar-refractivity contribution >= 4 is 29.1 Å². The van der Waals surface area contributed by atoms with Crippen LogP contribution in [-0.4, -0.2) is 23.5 Å². The van der Waals surface area contributed by atoms with Crippen molar-refractivity contribution in [1.82, 2.24) is 0 Å². The van der Waals surface area contributed by atoms with Crippen molar-refractivity contribution in [3.8, 4) is 0 Å². The second kappa shape index (κ2) is 5.43. The van der Waals surface area contributed by atoms with Crippen molar-refractivity contribution in [2.75, 3.05) is 6.61 Å². The minimum atomic E-state index is -0.762. The molecule has 22 heavy (non-hydrogen) atoms. The van der Waals surface area contributed by atoms with Crippen LogP contribution in [0.3, 0.4) is 0 Å². The Bertz CT molecular complexity index is 684. The first-order valence-corrected chi connectivity index (χ1v) is 7.84. The molecule has 0 amide bonds. The molecule has 2 aliphatic rings. The Kier molecular flexibility index (Phi) is 3.73. The molecule has 5 heteroatoms. The number of ether oxygens (including phenoxy) is 1. The van der Waals surface area contributed by atoms with Gasteiger partial charge in [0.05, 0.1) is 12.0 Å². The van der Waals surface area contributed by atoms with Gasteiger partial charge in [0.25, 0.3) is 0 Å². The van der Waals surface area contributed by atoms with Crippen LogP contribution in [0.25, 0.3) is 5.76 Å². The molecule has 1 aromatic rings. The van der Waals surface area contributed by atoms with E-state index in [1.54, 1.807) is 25.1 Å². The lowest BCUT2D eigenvalue weighted by Gasteiger charge is -2.34. The van der Waals surface area contributed by atoms with Crippen LogP contribution in [-0.2, 0) is 19.7 Å². The van der Waals surface area contributed by atoms with E-state index in [4.69, 9.17) is 16.3 Å². The van der Waals surface area contributed by atoms with Crippen LogP contribution in [0.2, 0.25) is 5.02 Å². The first-order chi connectivity index (χ1) is 10.5. The third-order valence-corrected chi connectivity index (χ3v) is 4.82.